The molecule has 0 unspecified atom stereocenters. The Morgan fingerprint density at radius 2 is 1.70 bits per heavy atom. The maximum Gasteiger partial charge on any atom is 0.212 e. The number of aromatic nitrogens is 1. The lowest BCUT2D eigenvalue weighted by molar-refractivity contribution is 0.971. The van der Waals surface area contributed by atoms with Gasteiger partial charge in [0.1, 0.15) is 0 Å². The molecule has 3 nitrogen and oxygen atoms in total. The summed E-state index contributed by atoms with van der Waals surface area (Å²) in [5, 5.41) is 6.63. The van der Waals surface area contributed by atoms with E-state index in [1.54, 1.807) is 0 Å². The number of hydrogen-bond donors (Lipinski definition) is 1. The van der Waals surface area contributed by atoms with E-state index in [0.29, 0.717) is 0 Å². The van der Waals surface area contributed by atoms with Gasteiger partial charge in [-0.1, -0.05) is 41.9 Å². The van der Waals surface area contributed by atoms with Crippen LogP contribution in [-0.4, -0.2) is 4.57 Å². The Kier molecular flexibility index (Phi) is 3.58. The molecule has 100 valence electrons. The normalized spacial score (nSPS) is 11.8. The van der Waals surface area contributed by atoms with E-state index in [1.807, 2.05) is 64.5 Å². The van der Waals surface area contributed by atoms with Crippen molar-refractivity contribution < 1.29 is 0 Å². The minimum absolute atomic E-state index is 0.721. The summed E-state index contributed by atoms with van der Waals surface area (Å²) < 4.78 is 2.04. The number of thiazole rings is 1. The maximum atomic E-state index is 5.95. The van der Waals surface area contributed by atoms with Crippen LogP contribution < -0.4 is 10.6 Å². The van der Waals surface area contributed by atoms with Crippen LogP contribution >= 0.6 is 22.9 Å². The lowest BCUT2D eigenvalue weighted by Crippen LogP contribution is -2.15. The van der Waals surface area contributed by atoms with E-state index in [9.17, 15) is 0 Å². The first kappa shape index (κ1) is 13.0. The predicted octanol–water partition coefficient (Wildman–Crippen LogP) is 3.63. The minimum Gasteiger partial charge on any atom is -0.320 e. The quantitative estimate of drug-likeness (QED) is 0.570. The molecule has 0 amide bonds. The first-order valence-corrected chi connectivity index (χ1v) is 7.31. The molecular weight excluding hydrogens is 290 g/mol. The summed E-state index contributed by atoms with van der Waals surface area (Å²) in [6.07, 6.45) is 0. The number of hydrogen-bond acceptors (Lipinski definition) is 3. The summed E-state index contributed by atoms with van der Waals surface area (Å²) in [7, 11) is 0. The summed E-state index contributed by atoms with van der Waals surface area (Å²) in [6.45, 7) is 0. The molecule has 0 saturated heterocycles. The average Bonchev–Trinajstić information content (AvgIpc) is 2.93. The molecule has 0 fully saturated rings. The Morgan fingerprint density at radius 3 is 2.35 bits per heavy atom. The van der Waals surface area contributed by atoms with Crippen LogP contribution in [0.25, 0.3) is 16.9 Å². The fourth-order valence-corrected chi connectivity index (χ4v) is 3.00. The van der Waals surface area contributed by atoms with Gasteiger partial charge in [-0.2, -0.15) is 5.10 Å². The molecule has 0 saturated carbocycles. The maximum absolute atomic E-state index is 5.95. The molecule has 0 spiro atoms. The summed E-state index contributed by atoms with van der Waals surface area (Å²) in [5.74, 6) is 5.50. The number of para-hydroxylation sites is 1. The molecule has 20 heavy (non-hydrogen) atoms. The first-order chi connectivity index (χ1) is 9.79. The van der Waals surface area contributed by atoms with Crippen molar-refractivity contribution in [3.05, 3.63) is 69.8 Å². The molecule has 0 aliphatic rings. The standard InChI is InChI=1S/C15H12ClN3S/c16-12-8-6-11(7-9-12)14-10-20-15(18-17)19(14)13-4-2-1-3-5-13/h1-10H,17H2/b18-15-. The van der Waals surface area contributed by atoms with Gasteiger partial charge in [-0.3, -0.25) is 4.57 Å². The van der Waals surface area contributed by atoms with Gasteiger partial charge in [0.05, 0.1) is 5.69 Å². The topological polar surface area (TPSA) is 43.3 Å². The lowest BCUT2D eigenvalue weighted by Gasteiger charge is -2.08. The van der Waals surface area contributed by atoms with Gasteiger partial charge in [0.2, 0.25) is 4.80 Å². The van der Waals surface area contributed by atoms with E-state index < -0.39 is 0 Å². The van der Waals surface area contributed by atoms with Crippen molar-refractivity contribution in [1.29, 1.82) is 0 Å². The van der Waals surface area contributed by atoms with E-state index in [1.165, 1.54) is 11.3 Å². The molecule has 3 aromatic rings. The predicted molar refractivity (Wildman–Crippen MR) is 83.8 cm³/mol. The number of rotatable bonds is 2. The summed E-state index contributed by atoms with van der Waals surface area (Å²) >= 11 is 7.45. The highest BCUT2D eigenvalue weighted by atomic mass is 35.5. The molecule has 0 radical (unpaired) electrons. The third-order valence-electron chi connectivity index (χ3n) is 2.97. The molecule has 0 atom stereocenters. The summed E-state index contributed by atoms with van der Waals surface area (Å²) in [4.78, 5) is 0.751. The van der Waals surface area contributed by atoms with E-state index in [0.717, 1.165) is 26.8 Å². The van der Waals surface area contributed by atoms with Crippen LogP contribution in [0, 0.1) is 0 Å². The van der Waals surface area contributed by atoms with Crippen molar-refractivity contribution in [2.75, 3.05) is 0 Å². The van der Waals surface area contributed by atoms with Gasteiger partial charge >= 0.3 is 0 Å². The van der Waals surface area contributed by atoms with Gasteiger partial charge in [0.15, 0.2) is 0 Å². The highest BCUT2D eigenvalue weighted by molar-refractivity contribution is 7.07. The van der Waals surface area contributed by atoms with Crippen molar-refractivity contribution in [2.24, 2.45) is 10.9 Å². The fraction of sp³-hybridized carbons (Fsp3) is 0. The Balaban J connectivity index is 2.23. The minimum atomic E-state index is 0.721. The van der Waals surface area contributed by atoms with Gasteiger partial charge in [0, 0.05) is 16.1 Å². The Morgan fingerprint density at radius 1 is 1.00 bits per heavy atom. The van der Waals surface area contributed by atoms with E-state index in [2.05, 4.69) is 5.10 Å². The van der Waals surface area contributed by atoms with Crippen LogP contribution in [-0.2, 0) is 0 Å². The number of halogens is 1. The monoisotopic (exact) mass is 301 g/mol. The molecule has 3 rings (SSSR count). The number of benzene rings is 2. The smallest absolute Gasteiger partial charge is 0.212 e. The van der Waals surface area contributed by atoms with Crippen LogP contribution in [0.1, 0.15) is 0 Å². The van der Waals surface area contributed by atoms with E-state index in [4.69, 9.17) is 17.4 Å². The van der Waals surface area contributed by atoms with Gasteiger partial charge in [-0.05, 0) is 29.8 Å². The second kappa shape index (κ2) is 5.53. The third-order valence-corrected chi connectivity index (χ3v) is 4.06. The molecule has 2 aromatic carbocycles. The zero-order valence-electron chi connectivity index (χ0n) is 10.5. The molecule has 0 aliphatic carbocycles. The summed E-state index contributed by atoms with van der Waals surface area (Å²) in [6, 6.07) is 17.8. The van der Waals surface area contributed by atoms with Crippen molar-refractivity contribution in [2.45, 2.75) is 0 Å². The van der Waals surface area contributed by atoms with Crippen molar-refractivity contribution in [1.82, 2.24) is 4.57 Å². The molecule has 1 heterocycles. The van der Waals surface area contributed by atoms with E-state index >= 15 is 0 Å². The molecule has 5 heteroatoms. The summed E-state index contributed by atoms with van der Waals surface area (Å²) in [5.41, 5.74) is 3.15. The molecule has 0 aliphatic heterocycles. The lowest BCUT2D eigenvalue weighted by atomic mass is 10.1. The van der Waals surface area contributed by atoms with Gasteiger partial charge in [0.25, 0.3) is 0 Å². The van der Waals surface area contributed by atoms with Crippen LogP contribution in [0.15, 0.2) is 65.1 Å². The Hall–Kier alpha value is -2.04. The van der Waals surface area contributed by atoms with Crippen LogP contribution in [0.3, 0.4) is 0 Å². The molecule has 1 aromatic heterocycles. The highest BCUT2D eigenvalue weighted by Crippen LogP contribution is 2.24. The SMILES string of the molecule is N/N=c1\scc(-c2ccc(Cl)cc2)n1-c1ccccc1. The second-order valence-corrected chi connectivity index (χ2v) is 5.48. The van der Waals surface area contributed by atoms with E-state index in [-0.39, 0.29) is 0 Å². The fourth-order valence-electron chi connectivity index (χ4n) is 2.05. The van der Waals surface area contributed by atoms with Crippen molar-refractivity contribution >= 4 is 22.9 Å². The average molecular weight is 302 g/mol. The van der Waals surface area contributed by atoms with Gasteiger partial charge in [-0.15, -0.1) is 11.3 Å². The first-order valence-electron chi connectivity index (χ1n) is 6.05. The Bertz CT molecular complexity index is 773. The zero-order chi connectivity index (χ0) is 13.9. The van der Waals surface area contributed by atoms with Crippen LogP contribution in [0.2, 0.25) is 5.02 Å². The van der Waals surface area contributed by atoms with Gasteiger partial charge in [-0.25, -0.2) is 0 Å². The molecular formula is C15H12ClN3S. The Labute approximate surface area is 125 Å². The number of nitrogens with two attached hydrogens (primary N) is 1. The van der Waals surface area contributed by atoms with Gasteiger partial charge < -0.3 is 5.84 Å². The second-order valence-electron chi connectivity index (χ2n) is 4.21. The third kappa shape index (κ3) is 2.35. The van der Waals surface area contributed by atoms with Crippen molar-refractivity contribution in [3.8, 4) is 16.9 Å². The van der Waals surface area contributed by atoms with Crippen molar-refractivity contribution in [3.63, 3.8) is 0 Å². The van der Waals surface area contributed by atoms with Crippen LogP contribution in [0.4, 0.5) is 0 Å². The number of nitrogens with zero attached hydrogens (tertiary/aromatic N) is 2. The zero-order valence-corrected chi connectivity index (χ0v) is 12.1. The largest absolute Gasteiger partial charge is 0.320 e. The molecule has 2 N–H and O–H groups in total. The molecule has 0 bridgehead atoms. The van der Waals surface area contributed by atoms with Crippen LogP contribution in [0.5, 0.6) is 0 Å². The highest BCUT2D eigenvalue weighted by Gasteiger charge is 2.09.